The molecule has 0 unspecified atom stereocenters. The second-order valence-corrected chi connectivity index (χ2v) is 4.82. The molecular formula is C17H14FNO3. The Morgan fingerprint density at radius 2 is 1.77 bits per heavy atom. The molecule has 0 aliphatic carbocycles. The molecular weight excluding hydrogens is 285 g/mol. The number of hydrogen-bond acceptors (Lipinski definition) is 3. The highest BCUT2D eigenvalue weighted by Gasteiger charge is 2.26. The van der Waals surface area contributed by atoms with Gasteiger partial charge in [-0.3, -0.25) is 4.79 Å². The third kappa shape index (κ3) is 2.41. The van der Waals surface area contributed by atoms with Crippen LogP contribution in [0.25, 0.3) is 11.6 Å². The Morgan fingerprint density at radius 3 is 2.41 bits per heavy atom. The Labute approximate surface area is 127 Å². The molecule has 1 aliphatic rings. The van der Waals surface area contributed by atoms with Crippen LogP contribution in [0.2, 0.25) is 0 Å². The van der Waals surface area contributed by atoms with Gasteiger partial charge in [-0.05, 0) is 29.8 Å². The normalized spacial score (nSPS) is 14.7. The van der Waals surface area contributed by atoms with Crippen molar-refractivity contribution in [2.24, 2.45) is 0 Å². The molecule has 1 N–H and O–H groups in total. The molecule has 4 nitrogen and oxygen atoms in total. The fourth-order valence-electron chi connectivity index (χ4n) is 2.40. The van der Waals surface area contributed by atoms with Gasteiger partial charge in [-0.2, -0.15) is 0 Å². The smallest absolute Gasteiger partial charge is 0.256 e. The van der Waals surface area contributed by atoms with Crippen molar-refractivity contribution in [3.63, 3.8) is 0 Å². The third-order valence-electron chi connectivity index (χ3n) is 3.47. The first-order chi connectivity index (χ1) is 10.6. The zero-order valence-electron chi connectivity index (χ0n) is 12.1. The van der Waals surface area contributed by atoms with E-state index >= 15 is 0 Å². The third-order valence-corrected chi connectivity index (χ3v) is 3.47. The topological polar surface area (TPSA) is 47.6 Å². The van der Waals surface area contributed by atoms with Crippen LogP contribution in [0.1, 0.15) is 11.1 Å². The second kappa shape index (κ2) is 5.52. The van der Waals surface area contributed by atoms with Gasteiger partial charge >= 0.3 is 0 Å². The van der Waals surface area contributed by atoms with Gasteiger partial charge in [-0.1, -0.05) is 12.1 Å². The number of halogens is 1. The molecule has 2 aromatic carbocycles. The number of rotatable bonds is 3. The van der Waals surface area contributed by atoms with Crippen molar-refractivity contribution in [3.05, 3.63) is 53.3 Å². The maximum atomic E-state index is 13.7. The highest BCUT2D eigenvalue weighted by molar-refractivity contribution is 6.35. The van der Waals surface area contributed by atoms with Crippen molar-refractivity contribution in [3.8, 4) is 11.5 Å². The number of amides is 1. The van der Waals surface area contributed by atoms with Crippen LogP contribution in [0, 0.1) is 5.82 Å². The van der Waals surface area contributed by atoms with Gasteiger partial charge in [0.05, 0.1) is 19.9 Å². The van der Waals surface area contributed by atoms with Gasteiger partial charge in [-0.25, -0.2) is 4.39 Å². The van der Waals surface area contributed by atoms with Gasteiger partial charge in [0.25, 0.3) is 5.91 Å². The summed E-state index contributed by atoms with van der Waals surface area (Å²) in [5, 5.41) is 2.55. The monoisotopic (exact) mass is 299 g/mol. The molecule has 0 saturated heterocycles. The summed E-state index contributed by atoms with van der Waals surface area (Å²) in [5.41, 5.74) is 1.91. The van der Waals surface area contributed by atoms with Crippen LogP contribution in [0.4, 0.5) is 10.1 Å². The summed E-state index contributed by atoms with van der Waals surface area (Å²) in [5.74, 6) is 0.451. The van der Waals surface area contributed by atoms with Crippen LogP contribution < -0.4 is 14.8 Å². The van der Waals surface area contributed by atoms with Crippen LogP contribution in [-0.2, 0) is 4.79 Å². The van der Waals surface area contributed by atoms with E-state index in [0.29, 0.717) is 22.6 Å². The summed E-state index contributed by atoms with van der Waals surface area (Å²) in [4.78, 5) is 12.1. The van der Waals surface area contributed by atoms with Gasteiger partial charge in [0.15, 0.2) is 0 Å². The number of anilines is 1. The van der Waals surface area contributed by atoms with E-state index in [9.17, 15) is 9.18 Å². The molecule has 1 amide bonds. The molecule has 1 aliphatic heterocycles. The number of nitrogens with one attached hydrogen (secondary N) is 1. The number of carbonyl (C=O) groups is 1. The lowest BCUT2D eigenvalue weighted by Gasteiger charge is -2.06. The zero-order chi connectivity index (χ0) is 15.7. The van der Waals surface area contributed by atoms with Crippen LogP contribution >= 0.6 is 0 Å². The van der Waals surface area contributed by atoms with E-state index in [0.717, 1.165) is 5.56 Å². The van der Waals surface area contributed by atoms with E-state index in [-0.39, 0.29) is 11.6 Å². The summed E-state index contributed by atoms with van der Waals surface area (Å²) >= 11 is 0. The van der Waals surface area contributed by atoms with Crippen molar-refractivity contribution in [2.75, 3.05) is 19.5 Å². The van der Waals surface area contributed by atoms with E-state index in [2.05, 4.69) is 5.32 Å². The maximum Gasteiger partial charge on any atom is 0.256 e. The first kappa shape index (κ1) is 14.1. The van der Waals surface area contributed by atoms with Crippen molar-refractivity contribution < 1.29 is 18.7 Å². The number of hydrogen-bond donors (Lipinski definition) is 1. The molecule has 112 valence electrons. The average molecular weight is 299 g/mol. The molecule has 0 bridgehead atoms. The van der Waals surface area contributed by atoms with E-state index in [1.54, 1.807) is 50.6 Å². The van der Waals surface area contributed by atoms with Crippen LogP contribution in [-0.4, -0.2) is 20.1 Å². The Balaban J connectivity index is 2.10. The summed E-state index contributed by atoms with van der Waals surface area (Å²) in [7, 11) is 3.11. The molecule has 0 saturated carbocycles. The predicted octanol–water partition coefficient (Wildman–Crippen LogP) is 3.34. The largest absolute Gasteiger partial charge is 0.497 e. The first-order valence-electron chi connectivity index (χ1n) is 6.67. The van der Waals surface area contributed by atoms with Gasteiger partial charge < -0.3 is 14.8 Å². The lowest BCUT2D eigenvalue weighted by molar-refractivity contribution is -0.110. The molecule has 1 heterocycles. The molecule has 2 aromatic rings. The fraction of sp³-hybridized carbons (Fsp3) is 0.118. The molecule has 0 atom stereocenters. The van der Waals surface area contributed by atoms with Crippen LogP contribution in [0.15, 0.2) is 36.4 Å². The predicted molar refractivity (Wildman–Crippen MR) is 82.4 cm³/mol. The van der Waals surface area contributed by atoms with Crippen LogP contribution in [0.5, 0.6) is 11.5 Å². The molecule has 0 spiro atoms. The molecule has 0 aromatic heterocycles. The number of ether oxygens (including phenoxy) is 2. The minimum atomic E-state index is -0.447. The number of carbonyl (C=O) groups excluding carboxylic acids is 1. The fourth-order valence-corrected chi connectivity index (χ4v) is 2.40. The van der Waals surface area contributed by atoms with E-state index in [4.69, 9.17) is 9.47 Å². The molecule has 3 rings (SSSR count). The van der Waals surface area contributed by atoms with Crippen molar-refractivity contribution >= 4 is 23.2 Å². The Bertz CT molecular complexity index is 761. The summed E-state index contributed by atoms with van der Waals surface area (Å²) in [6.07, 6.45) is 1.69. The maximum absolute atomic E-state index is 13.7. The molecule has 22 heavy (non-hydrogen) atoms. The number of para-hydroxylation sites is 1. The van der Waals surface area contributed by atoms with Gasteiger partial charge in [0.1, 0.15) is 17.3 Å². The number of benzene rings is 2. The quantitative estimate of drug-likeness (QED) is 0.884. The lowest BCUT2D eigenvalue weighted by atomic mass is 10.0. The Morgan fingerprint density at radius 1 is 1.09 bits per heavy atom. The number of methoxy groups -OCH3 is 2. The second-order valence-electron chi connectivity index (χ2n) is 4.82. The number of fused-ring (bicyclic) bond motifs is 1. The Kier molecular flexibility index (Phi) is 3.55. The summed E-state index contributed by atoms with van der Waals surface area (Å²) < 4.78 is 24.1. The molecule has 5 heteroatoms. The summed E-state index contributed by atoms with van der Waals surface area (Å²) in [6, 6.07) is 9.90. The minimum absolute atomic E-state index is 0.216. The highest BCUT2D eigenvalue weighted by atomic mass is 19.1. The summed E-state index contributed by atoms with van der Waals surface area (Å²) in [6.45, 7) is 0. The van der Waals surface area contributed by atoms with Gasteiger partial charge in [-0.15, -0.1) is 0 Å². The van der Waals surface area contributed by atoms with Crippen molar-refractivity contribution in [1.82, 2.24) is 0 Å². The standard InChI is InChI=1S/C17H14FNO3/c1-21-11-6-10(7-12(9-11)22-2)8-14-13-4-3-5-15(18)16(13)19-17(14)20/h3-9H,1-2H3,(H,19,20)/b14-8-. The van der Waals surface area contributed by atoms with Crippen molar-refractivity contribution in [1.29, 1.82) is 0 Å². The van der Waals surface area contributed by atoms with Gasteiger partial charge in [0, 0.05) is 17.2 Å². The zero-order valence-corrected chi connectivity index (χ0v) is 12.1. The Hall–Kier alpha value is -2.82. The first-order valence-corrected chi connectivity index (χ1v) is 6.67. The van der Waals surface area contributed by atoms with Crippen LogP contribution in [0.3, 0.4) is 0 Å². The van der Waals surface area contributed by atoms with Crippen molar-refractivity contribution in [2.45, 2.75) is 0 Å². The SMILES string of the molecule is COc1cc(/C=C2\C(=O)Nc3c(F)cccc32)cc(OC)c1. The average Bonchev–Trinajstić information content (AvgIpc) is 2.85. The molecule has 0 fully saturated rings. The van der Waals surface area contributed by atoms with E-state index in [1.807, 2.05) is 0 Å². The molecule has 0 radical (unpaired) electrons. The highest BCUT2D eigenvalue weighted by Crippen LogP contribution is 2.35. The van der Waals surface area contributed by atoms with E-state index < -0.39 is 5.82 Å². The minimum Gasteiger partial charge on any atom is -0.497 e. The van der Waals surface area contributed by atoms with E-state index in [1.165, 1.54) is 6.07 Å². The van der Waals surface area contributed by atoms with Gasteiger partial charge in [0.2, 0.25) is 0 Å². The lowest BCUT2D eigenvalue weighted by Crippen LogP contribution is -2.04.